The summed E-state index contributed by atoms with van der Waals surface area (Å²) in [5.41, 5.74) is 0.182. The van der Waals surface area contributed by atoms with Gasteiger partial charge in [0.05, 0.1) is 5.56 Å². The molecular weight excluding hydrogens is 338 g/mol. The molecule has 1 unspecified atom stereocenters. The van der Waals surface area contributed by atoms with E-state index in [1.165, 1.54) is 24.3 Å². The van der Waals surface area contributed by atoms with E-state index in [4.69, 9.17) is 0 Å². The van der Waals surface area contributed by atoms with Crippen molar-refractivity contribution < 1.29 is 19.6 Å². The van der Waals surface area contributed by atoms with E-state index in [0.29, 0.717) is 0 Å². The first-order valence-electron chi connectivity index (χ1n) is 7.80. The van der Waals surface area contributed by atoms with Crippen molar-refractivity contribution in [2.45, 2.75) is 12.5 Å². The second-order valence-corrected chi connectivity index (χ2v) is 5.74. The second-order valence-electron chi connectivity index (χ2n) is 5.74. The van der Waals surface area contributed by atoms with Gasteiger partial charge in [-0.2, -0.15) is 0 Å². The molecule has 1 aliphatic carbocycles. The molecule has 0 heterocycles. The monoisotopic (exact) mass is 353 g/mol. The highest BCUT2D eigenvalue weighted by Gasteiger charge is 2.21. The zero-order valence-electron chi connectivity index (χ0n) is 13.5. The maximum absolute atomic E-state index is 12.3. The molecular formula is C18H15N3O5. The van der Waals surface area contributed by atoms with Gasteiger partial charge in [-0.25, -0.2) is 4.79 Å². The molecule has 0 aliphatic heterocycles. The third kappa shape index (κ3) is 3.69. The van der Waals surface area contributed by atoms with Gasteiger partial charge in [0.2, 0.25) is 6.04 Å². The van der Waals surface area contributed by atoms with Crippen LogP contribution >= 0.6 is 0 Å². The van der Waals surface area contributed by atoms with Gasteiger partial charge in [0, 0.05) is 23.1 Å². The largest absolute Gasteiger partial charge is 0.507 e. The Balaban J connectivity index is 1.72. The van der Waals surface area contributed by atoms with E-state index < -0.39 is 22.9 Å². The highest BCUT2D eigenvalue weighted by Crippen LogP contribution is 2.24. The van der Waals surface area contributed by atoms with Gasteiger partial charge in [-0.05, 0) is 29.0 Å². The predicted molar refractivity (Wildman–Crippen MR) is 94.2 cm³/mol. The number of imide groups is 1. The standard InChI is InChI=1S/C18H15N3O5/c22-16-9-12-5-2-1-4-11(12)8-15(16)17(23)20-18(24)19-13-6-3-7-14(10-13)21(25)26/h1-6,8-10,14,22H,7H2,(H2,19,20,23,24). The fourth-order valence-electron chi connectivity index (χ4n) is 2.64. The molecule has 3 N–H and O–H groups in total. The number of amides is 3. The lowest BCUT2D eigenvalue weighted by Crippen LogP contribution is -2.39. The third-order valence-corrected chi connectivity index (χ3v) is 3.91. The molecule has 132 valence electrons. The number of nitro groups is 1. The number of aromatic hydroxyl groups is 1. The van der Waals surface area contributed by atoms with Gasteiger partial charge >= 0.3 is 6.03 Å². The van der Waals surface area contributed by atoms with Crippen LogP contribution in [0, 0.1) is 10.1 Å². The molecule has 0 saturated heterocycles. The topological polar surface area (TPSA) is 122 Å². The van der Waals surface area contributed by atoms with Crippen LogP contribution in [0.1, 0.15) is 16.8 Å². The number of hydrogen-bond donors (Lipinski definition) is 3. The number of benzene rings is 2. The first-order chi connectivity index (χ1) is 12.4. The predicted octanol–water partition coefficient (Wildman–Crippen LogP) is 2.47. The van der Waals surface area contributed by atoms with E-state index in [9.17, 15) is 24.8 Å². The van der Waals surface area contributed by atoms with Crippen molar-refractivity contribution >= 4 is 22.7 Å². The summed E-state index contributed by atoms with van der Waals surface area (Å²) in [5, 5.41) is 26.8. The van der Waals surface area contributed by atoms with Crippen molar-refractivity contribution in [1.82, 2.24) is 10.6 Å². The molecule has 8 nitrogen and oxygen atoms in total. The first kappa shape index (κ1) is 17.2. The SMILES string of the molecule is O=C(NC(=O)c1cc2ccccc2cc1O)NC1=CC([N+](=O)[O-])CC=C1. The fraction of sp³-hybridized carbons (Fsp3) is 0.111. The van der Waals surface area contributed by atoms with Gasteiger partial charge in [-0.3, -0.25) is 20.2 Å². The number of rotatable bonds is 3. The van der Waals surface area contributed by atoms with Crippen LogP contribution in [0.15, 0.2) is 60.3 Å². The van der Waals surface area contributed by atoms with E-state index in [-0.39, 0.29) is 23.4 Å². The van der Waals surface area contributed by atoms with Crippen molar-refractivity contribution in [3.63, 3.8) is 0 Å². The Morgan fingerprint density at radius 1 is 1.19 bits per heavy atom. The normalized spacial score (nSPS) is 16.0. The Hall–Kier alpha value is -3.68. The van der Waals surface area contributed by atoms with Crippen LogP contribution in [0.2, 0.25) is 0 Å². The minimum absolute atomic E-state index is 0.0461. The lowest BCUT2D eigenvalue weighted by molar-refractivity contribution is -0.508. The summed E-state index contributed by atoms with van der Waals surface area (Å²) in [7, 11) is 0. The molecule has 1 aliphatic rings. The maximum Gasteiger partial charge on any atom is 0.326 e. The number of phenols is 1. The van der Waals surface area contributed by atoms with Crippen LogP contribution < -0.4 is 10.6 Å². The molecule has 0 spiro atoms. The Labute approximate surface area is 148 Å². The summed E-state index contributed by atoms with van der Waals surface area (Å²) in [4.78, 5) is 34.6. The average Bonchev–Trinajstić information content (AvgIpc) is 2.61. The van der Waals surface area contributed by atoms with Gasteiger partial charge in [0.25, 0.3) is 5.91 Å². The third-order valence-electron chi connectivity index (χ3n) is 3.91. The zero-order valence-corrected chi connectivity index (χ0v) is 13.5. The van der Waals surface area contributed by atoms with Gasteiger partial charge in [-0.1, -0.05) is 30.3 Å². The van der Waals surface area contributed by atoms with E-state index >= 15 is 0 Å². The highest BCUT2D eigenvalue weighted by molar-refractivity contribution is 6.08. The number of carbonyl (C=O) groups excluding carboxylic acids is 2. The number of nitrogens with zero attached hydrogens (tertiary/aromatic N) is 1. The Kier molecular flexibility index (Phi) is 4.66. The van der Waals surface area contributed by atoms with Crippen molar-refractivity contribution in [3.05, 3.63) is 76.0 Å². The van der Waals surface area contributed by atoms with Crippen molar-refractivity contribution in [3.8, 4) is 5.75 Å². The Bertz CT molecular complexity index is 964. The summed E-state index contributed by atoms with van der Waals surface area (Å²) in [6.07, 6.45) is 4.64. The van der Waals surface area contributed by atoms with Crippen molar-refractivity contribution in [1.29, 1.82) is 0 Å². The molecule has 3 amide bonds. The number of urea groups is 1. The zero-order chi connectivity index (χ0) is 18.7. The Morgan fingerprint density at radius 2 is 1.88 bits per heavy atom. The number of hydrogen-bond acceptors (Lipinski definition) is 5. The van der Waals surface area contributed by atoms with Crippen molar-refractivity contribution in [2.75, 3.05) is 0 Å². The molecule has 0 saturated carbocycles. The van der Waals surface area contributed by atoms with Crippen LogP contribution in [0.25, 0.3) is 10.8 Å². The number of carbonyl (C=O) groups is 2. The minimum atomic E-state index is -0.921. The molecule has 2 aromatic rings. The van der Waals surface area contributed by atoms with Crippen LogP contribution in [0.3, 0.4) is 0 Å². The van der Waals surface area contributed by atoms with Crippen LogP contribution in [0.4, 0.5) is 4.79 Å². The molecule has 2 aromatic carbocycles. The smallest absolute Gasteiger partial charge is 0.326 e. The average molecular weight is 353 g/mol. The number of nitrogens with one attached hydrogen (secondary N) is 2. The van der Waals surface area contributed by atoms with E-state index in [0.717, 1.165) is 10.8 Å². The molecule has 0 aromatic heterocycles. The molecule has 8 heteroatoms. The van der Waals surface area contributed by atoms with Crippen LogP contribution in [0.5, 0.6) is 5.75 Å². The number of fused-ring (bicyclic) bond motifs is 1. The van der Waals surface area contributed by atoms with Crippen LogP contribution in [-0.4, -0.2) is 28.0 Å². The molecule has 0 bridgehead atoms. The Morgan fingerprint density at radius 3 is 2.58 bits per heavy atom. The summed E-state index contributed by atoms with van der Waals surface area (Å²) >= 11 is 0. The van der Waals surface area contributed by atoms with E-state index in [1.54, 1.807) is 30.3 Å². The summed E-state index contributed by atoms with van der Waals surface area (Å²) in [6, 6.07) is 8.32. The first-order valence-corrected chi connectivity index (χ1v) is 7.80. The quantitative estimate of drug-likeness (QED) is 0.578. The lowest BCUT2D eigenvalue weighted by atomic mass is 10.1. The van der Waals surface area contributed by atoms with Crippen LogP contribution in [-0.2, 0) is 0 Å². The lowest BCUT2D eigenvalue weighted by Gasteiger charge is -2.13. The summed E-state index contributed by atoms with van der Waals surface area (Å²) in [5.74, 6) is -1.03. The second kappa shape index (κ2) is 7.06. The molecule has 3 rings (SSSR count). The van der Waals surface area contributed by atoms with Gasteiger partial charge in [0.1, 0.15) is 5.75 Å². The van der Waals surface area contributed by atoms with Gasteiger partial charge in [0.15, 0.2) is 0 Å². The fourth-order valence-corrected chi connectivity index (χ4v) is 2.64. The molecule has 0 fully saturated rings. The van der Waals surface area contributed by atoms with Gasteiger partial charge < -0.3 is 10.4 Å². The summed E-state index contributed by atoms with van der Waals surface area (Å²) in [6.45, 7) is 0. The molecule has 0 radical (unpaired) electrons. The minimum Gasteiger partial charge on any atom is -0.507 e. The van der Waals surface area contributed by atoms with Gasteiger partial charge in [-0.15, -0.1) is 0 Å². The van der Waals surface area contributed by atoms with E-state index in [2.05, 4.69) is 10.6 Å². The van der Waals surface area contributed by atoms with E-state index in [1.807, 2.05) is 0 Å². The molecule has 1 atom stereocenters. The number of allylic oxidation sites excluding steroid dienone is 1. The number of phenolic OH excluding ortho intramolecular Hbond substituents is 1. The van der Waals surface area contributed by atoms with Crippen molar-refractivity contribution in [2.24, 2.45) is 0 Å². The molecule has 26 heavy (non-hydrogen) atoms. The maximum atomic E-state index is 12.3. The highest BCUT2D eigenvalue weighted by atomic mass is 16.6. The summed E-state index contributed by atoms with van der Waals surface area (Å²) < 4.78 is 0.